The van der Waals surface area contributed by atoms with Crippen molar-refractivity contribution in [2.24, 2.45) is 0 Å². The molecule has 3 rings (SSSR count). The van der Waals surface area contributed by atoms with Crippen LogP contribution in [0, 0.1) is 0 Å². The van der Waals surface area contributed by atoms with Crippen molar-refractivity contribution in [3.8, 4) is 0 Å². The van der Waals surface area contributed by atoms with E-state index in [1.165, 1.54) is 5.56 Å². The largest absolute Gasteiger partial charge is 0.302 e. The van der Waals surface area contributed by atoms with Crippen molar-refractivity contribution in [1.29, 1.82) is 0 Å². The molecular weight excluding hydrogens is 254 g/mol. The van der Waals surface area contributed by atoms with Crippen molar-refractivity contribution >= 4 is 23.4 Å². The lowest BCUT2D eigenvalue weighted by Gasteiger charge is -2.46. The Morgan fingerprint density at radius 1 is 0.947 bits per heavy atom. The number of thioether (sulfide) groups is 1. The van der Waals surface area contributed by atoms with Crippen LogP contribution in [0.25, 0.3) is 0 Å². The van der Waals surface area contributed by atoms with Crippen molar-refractivity contribution in [1.82, 2.24) is 0 Å². The van der Waals surface area contributed by atoms with E-state index in [0.29, 0.717) is 0 Å². The number of amides is 1. The predicted octanol–water partition coefficient (Wildman–Crippen LogP) is 3.51. The monoisotopic (exact) mass is 269 g/mol. The van der Waals surface area contributed by atoms with Crippen LogP contribution in [0.1, 0.15) is 11.6 Å². The Morgan fingerprint density at radius 2 is 1.53 bits per heavy atom. The van der Waals surface area contributed by atoms with Crippen molar-refractivity contribution < 1.29 is 4.79 Å². The number of hydrogen-bond donors (Lipinski definition) is 0. The lowest BCUT2D eigenvalue weighted by molar-refractivity contribution is -0.123. The highest BCUT2D eigenvalue weighted by atomic mass is 32.2. The number of rotatable bonds is 3. The van der Waals surface area contributed by atoms with Crippen LogP contribution in [0.5, 0.6) is 0 Å². The molecule has 2 aromatic carbocycles. The number of hydrogen-bond acceptors (Lipinski definition) is 2. The zero-order chi connectivity index (χ0) is 13.2. The predicted molar refractivity (Wildman–Crippen MR) is 80.4 cm³/mol. The van der Waals surface area contributed by atoms with Crippen LogP contribution >= 0.6 is 11.8 Å². The molecule has 0 aromatic heterocycles. The van der Waals surface area contributed by atoms with Gasteiger partial charge in [0.05, 0.1) is 6.04 Å². The third-order valence-corrected chi connectivity index (χ3v) is 4.44. The summed E-state index contributed by atoms with van der Waals surface area (Å²) < 4.78 is 0. The minimum atomic E-state index is 0.0302. The molecule has 1 saturated heterocycles. The summed E-state index contributed by atoms with van der Waals surface area (Å²) in [4.78, 5) is 14.2. The van der Waals surface area contributed by atoms with Crippen LogP contribution in [-0.2, 0) is 4.79 Å². The third kappa shape index (κ3) is 2.04. The molecule has 0 spiro atoms. The Kier molecular flexibility index (Phi) is 3.30. The number of carbonyl (C=O) groups excluding carboxylic acids is 1. The Bertz CT molecular complexity index is 570. The number of β-lactam (4-membered cyclic amide) rings is 1. The number of nitrogens with zero attached hydrogens (tertiary/aromatic N) is 1. The first-order valence-electron chi connectivity index (χ1n) is 6.29. The fraction of sp³-hybridized carbons (Fsp3) is 0.188. The number of para-hydroxylation sites is 1. The van der Waals surface area contributed by atoms with Gasteiger partial charge in [0.15, 0.2) is 0 Å². The minimum Gasteiger partial charge on any atom is -0.302 e. The Morgan fingerprint density at radius 3 is 2.11 bits per heavy atom. The van der Waals surface area contributed by atoms with E-state index >= 15 is 0 Å². The van der Waals surface area contributed by atoms with Crippen molar-refractivity contribution in [2.45, 2.75) is 11.3 Å². The van der Waals surface area contributed by atoms with E-state index in [4.69, 9.17) is 0 Å². The molecule has 1 aliphatic rings. The Hall–Kier alpha value is -1.74. The zero-order valence-electron chi connectivity index (χ0n) is 10.7. The van der Waals surface area contributed by atoms with Crippen molar-refractivity contribution in [3.05, 3.63) is 66.2 Å². The third-order valence-electron chi connectivity index (χ3n) is 3.48. The maximum absolute atomic E-state index is 12.3. The molecule has 2 nitrogen and oxygen atoms in total. The molecule has 1 amide bonds. The Labute approximate surface area is 117 Å². The molecule has 2 atom stereocenters. The molecule has 0 N–H and O–H groups in total. The average Bonchev–Trinajstić information content (AvgIpc) is 2.47. The fourth-order valence-electron chi connectivity index (χ4n) is 2.54. The van der Waals surface area contributed by atoms with E-state index in [-0.39, 0.29) is 17.2 Å². The molecular formula is C16H15NOS. The second kappa shape index (κ2) is 5.10. The molecule has 3 heteroatoms. The molecule has 1 fully saturated rings. The molecule has 2 aromatic rings. The van der Waals surface area contributed by atoms with Gasteiger partial charge >= 0.3 is 0 Å². The zero-order valence-corrected chi connectivity index (χ0v) is 11.5. The summed E-state index contributed by atoms with van der Waals surface area (Å²) in [5, 5.41) is 0.0302. The topological polar surface area (TPSA) is 20.3 Å². The first-order valence-corrected chi connectivity index (χ1v) is 7.57. The van der Waals surface area contributed by atoms with E-state index in [0.717, 1.165) is 5.69 Å². The van der Waals surface area contributed by atoms with Gasteiger partial charge in [-0.1, -0.05) is 48.5 Å². The standard InChI is InChI=1S/C16H15NOS/c1-19-15-14(12-8-4-2-5-9-12)17(16(15)18)13-10-6-3-7-11-13/h2-11,14-15H,1H3/t14-,15-/m1/s1. The number of carbonyl (C=O) groups is 1. The van der Waals surface area contributed by atoms with Gasteiger partial charge in [-0.25, -0.2) is 0 Å². The van der Waals surface area contributed by atoms with E-state index in [9.17, 15) is 4.79 Å². The molecule has 0 radical (unpaired) electrons. The van der Waals surface area contributed by atoms with Gasteiger partial charge in [-0.2, -0.15) is 0 Å². The minimum absolute atomic E-state index is 0.0302. The first-order chi connectivity index (χ1) is 9.33. The van der Waals surface area contributed by atoms with E-state index in [1.54, 1.807) is 11.8 Å². The number of benzene rings is 2. The molecule has 0 unspecified atom stereocenters. The van der Waals surface area contributed by atoms with Gasteiger partial charge in [0.1, 0.15) is 5.25 Å². The lowest BCUT2D eigenvalue weighted by atomic mass is 9.92. The average molecular weight is 269 g/mol. The van der Waals surface area contributed by atoms with E-state index < -0.39 is 0 Å². The van der Waals surface area contributed by atoms with Crippen LogP contribution in [0.3, 0.4) is 0 Å². The number of anilines is 1. The summed E-state index contributed by atoms with van der Waals surface area (Å²) in [6.07, 6.45) is 2.00. The van der Waals surface area contributed by atoms with Crippen LogP contribution in [0.4, 0.5) is 5.69 Å². The highest BCUT2D eigenvalue weighted by Crippen LogP contribution is 2.44. The smallest absolute Gasteiger partial charge is 0.243 e. The highest BCUT2D eigenvalue weighted by molar-refractivity contribution is 8.00. The van der Waals surface area contributed by atoms with Crippen molar-refractivity contribution in [2.75, 3.05) is 11.2 Å². The molecule has 0 bridgehead atoms. The summed E-state index contributed by atoms with van der Waals surface area (Å²) in [5.74, 6) is 0.201. The lowest BCUT2D eigenvalue weighted by Crippen LogP contribution is -2.57. The molecule has 1 heterocycles. The molecule has 1 aliphatic heterocycles. The van der Waals surface area contributed by atoms with Crippen LogP contribution in [0.2, 0.25) is 0 Å². The van der Waals surface area contributed by atoms with Crippen molar-refractivity contribution in [3.63, 3.8) is 0 Å². The summed E-state index contributed by atoms with van der Waals surface area (Å²) >= 11 is 1.63. The maximum Gasteiger partial charge on any atom is 0.243 e. The summed E-state index contributed by atoms with van der Waals surface area (Å²) in [6.45, 7) is 0. The first kappa shape index (κ1) is 12.3. The van der Waals surface area contributed by atoms with Gasteiger partial charge in [0.25, 0.3) is 0 Å². The molecule has 0 saturated carbocycles. The summed E-state index contributed by atoms with van der Waals surface area (Å²) in [7, 11) is 0. The maximum atomic E-state index is 12.3. The Balaban J connectivity index is 1.98. The van der Waals surface area contributed by atoms with Gasteiger partial charge in [-0.05, 0) is 24.0 Å². The van der Waals surface area contributed by atoms with Crippen LogP contribution < -0.4 is 4.90 Å². The van der Waals surface area contributed by atoms with Gasteiger partial charge in [0, 0.05) is 5.69 Å². The van der Waals surface area contributed by atoms with Crippen LogP contribution in [0.15, 0.2) is 60.7 Å². The van der Waals surface area contributed by atoms with E-state index in [1.807, 2.05) is 59.7 Å². The van der Waals surface area contributed by atoms with Gasteiger partial charge < -0.3 is 4.90 Å². The fourth-order valence-corrected chi connectivity index (χ4v) is 3.39. The molecule has 19 heavy (non-hydrogen) atoms. The molecule has 96 valence electrons. The van der Waals surface area contributed by atoms with Gasteiger partial charge in [-0.15, -0.1) is 11.8 Å². The molecule has 0 aliphatic carbocycles. The second-order valence-corrected chi connectivity index (χ2v) is 5.53. The van der Waals surface area contributed by atoms with Gasteiger partial charge in [0.2, 0.25) is 5.91 Å². The van der Waals surface area contributed by atoms with E-state index in [2.05, 4.69) is 12.1 Å². The highest BCUT2D eigenvalue weighted by Gasteiger charge is 2.48. The SMILES string of the molecule is CS[C@H]1C(=O)N(c2ccccc2)[C@@H]1c1ccccc1. The summed E-state index contributed by atoms with van der Waals surface area (Å²) in [5.41, 5.74) is 2.18. The second-order valence-electron chi connectivity index (χ2n) is 4.56. The van der Waals surface area contributed by atoms with Crippen LogP contribution in [-0.4, -0.2) is 17.4 Å². The normalized spacial score (nSPS) is 22.2. The van der Waals surface area contributed by atoms with Gasteiger partial charge in [-0.3, -0.25) is 4.79 Å². The quantitative estimate of drug-likeness (QED) is 0.795. The summed E-state index contributed by atoms with van der Waals surface area (Å²) in [6, 6.07) is 20.3.